The van der Waals surface area contributed by atoms with Crippen LogP contribution in [-0.4, -0.2) is 34.2 Å². The summed E-state index contributed by atoms with van der Waals surface area (Å²) in [6.07, 6.45) is 0. The van der Waals surface area contributed by atoms with E-state index in [1.54, 1.807) is 14.2 Å². The zero-order valence-corrected chi connectivity index (χ0v) is 32.0. The summed E-state index contributed by atoms with van der Waals surface area (Å²) in [5.41, 5.74) is 11.2. The Labute approximate surface area is 336 Å². The fraction of sp³-hybridized carbons (Fsp3) is 0.0385. The van der Waals surface area contributed by atoms with Gasteiger partial charge in [0.1, 0.15) is 23.1 Å². The van der Waals surface area contributed by atoms with Crippen molar-refractivity contribution in [1.29, 1.82) is 0 Å². The first-order chi connectivity index (χ1) is 28.7. The highest BCUT2D eigenvalue weighted by atomic mass is 16.5. The van der Waals surface area contributed by atoms with Crippen LogP contribution in [-0.2, 0) is 0 Å². The Morgan fingerprint density at radius 3 is 1.07 bits per heavy atom. The van der Waals surface area contributed by atoms with Crippen molar-refractivity contribution < 1.29 is 9.47 Å². The zero-order valence-electron chi connectivity index (χ0n) is 32.0. The summed E-state index contributed by atoms with van der Waals surface area (Å²) in [7, 11) is 3.47. The molecule has 0 saturated heterocycles. The molecule has 0 saturated carbocycles. The minimum absolute atomic E-state index is 0.682. The molecule has 6 heteroatoms. The quantitative estimate of drug-likeness (QED) is 0.154. The van der Waals surface area contributed by atoms with Crippen molar-refractivity contribution in [2.75, 3.05) is 14.2 Å². The summed E-state index contributed by atoms with van der Waals surface area (Å²) in [5, 5.41) is 4.13. The molecule has 0 aliphatic carbocycles. The Bertz CT molecular complexity index is 2740. The van der Waals surface area contributed by atoms with E-state index >= 15 is 0 Å². The van der Waals surface area contributed by atoms with Crippen LogP contribution in [0.4, 0.5) is 0 Å². The lowest BCUT2D eigenvalue weighted by molar-refractivity contribution is 0.412. The molecule has 0 amide bonds. The average Bonchev–Trinajstić information content (AvgIpc) is 3.95. The van der Waals surface area contributed by atoms with Crippen LogP contribution >= 0.6 is 0 Å². The Hall–Kier alpha value is -7.70. The van der Waals surface area contributed by atoms with Crippen LogP contribution in [0.15, 0.2) is 182 Å². The maximum absolute atomic E-state index is 6.55. The van der Waals surface area contributed by atoms with Gasteiger partial charge in [-0.1, -0.05) is 170 Å². The van der Waals surface area contributed by atoms with Gasteiger partial charge in [-0.15, -0.1) is 0 Å². The van der Waals surface area contributed by atoms with Crippen molar-refractivity contribution in [2.24, 2.45) is 0 Å². The molecule has 0 unspecified atom stereocenters. The predicted molar refractivity (Wildman–Crippen MR) is 237 cm³/mol. The lowest BCUT2D eigenvalue weighted by atomic mass is 9.88. The van der Waals surface area contributed by atoms with Gasteiger partial charge in [-0.3, -0.25) is 0 Å². The van der Waals surface area contributed by atoms with Crippen LogP contribution in [0.5, 0.6) is 11.5 Å². The number of imidazole rings is 2. The maximum atomic E-state index is 6.55. The second kappa shape index (κ2) is 14.8. The molecule has 10 aromatic rings. The van der Waals surface area contributed by atoms with Gasteiger partial charge < -0.3 is 19.4 Å². The van der Waals surface area contributed by atoms with Gasteiger partial charge in [0, 0.05) is 33.4 Å². The maximum Gasteiger partial charge on any atom is 0.142 e. The molecule has 58 heavy (non-hydrogen) atoms. The third-order valence-electron chi connectivity index (χ3n) is 10.8. The largest absolute Gasteiger partial charge is 0.495 e. The summed E-state index contributed by atoms with van der Waals surface area (Å²) in [6.45, 7) is 0. The molecule has 0 fully saturated rings. The Balaban J connectivity index is 1.27. The third kappa shape index (κ3) is 5.99. The minimum Gasteiger partial charge on any atom is -0.495 e. The molecule has 0 bridgehead atoms. The smallest absolute Gasteiger partial charge is 0.142 e. The van der Waals surface area contributed by atoms with Crippen LogP contribution in [0, 0.1) is 0 Å². The van der Waals surface area contributed by atoms with Crippen molar-refractivity contribution >= 4 is 21.5 Å². The highest BCUT2D eigenvalue weighted by Crippen LogP contribution is 2.52. The van der Waals surface area contributed by atoms with Gasteiger partial charge in [0.25, 0.3) is 0 Å². The van der Waals surface area contributed by atoms with Crippen molar-refractivity contribution in [3.8, 4) is 90.4 Å². The number of aromatic amines is 2. The Kier molecular flexibility index (Phi) is 8.84. The average molecular weight is 751 g/mol. The van der Waals surface area contributed by atoms with Gasteiger partial charge in [-0.2, -0.15) is 0 Å². The van der Waals surface area contributed by atoms with Gasteiger partial charge in [0.05, 0.1) is 48.1 Å². The number of ether oxygens (including phenoxy) is 2. The first kappa shape index (κ1) is 34.8. The number of rotatable bonds is 9. The van der Waals surface area contributed by atoms with Crippen LogP contribution < -0.4 is 9.47 Å². The SMILES string of the molecule is COc1c(-c2nc(-c3ccccc3)c(-c3ccccc3)[nH]2)cc2ccccc2c1-c1c(OC)c(-c2nc(-c3ccccc3)c(-c3ccccc3)[nH]2)cc2ccccc12. The molecule has 6 nitrogen and oxygen atoms in total. The summed E-state index contributed by atoms with van der Waals surface area (Å²) in [4.78, 5) is 18.1. The zero-order chi connectivity index (χ0) is 39.0. The first-order valence-electron chi connectivity index (χ1n) is 19.3. The predicted octanol–water partition coefficient (Wildman–Crippen LogP) is 13.1. The number of H-pyrrole nitrogens is 2. The highest BCUT2D eigenvalue weighted by Gasteiger charge is 2.28. The Morgan fingerprint density at radius 2 is 0.707 bits per heavy atom. The lowest BCUT2D eigenvalue weighted by Crippen LogP contribution is -1.99. The number of hydrogen-bond donors (Lipinski definition) is 2. The van der Waals surface area contributed by atoms with E-state index in [4.69, 9.17) is 19.4 Å². The van der Waals surface area contributed by atoms with Crippen molar-refractivity contribution in [2.45, 2.75) is 0 Å². The molecule has 0 spiro atoms. The molecule has 8 aromatic carbocycles. The van der Waals surface area contributed by atoms with E-state index in [-0.39, 0.29) is 0 Å². The third-order valence-corrected chi connectivity index (χ3v) is 10.8. The van der Waals surface area contributed by atoms with Gasteiger partial charge in [0.2, 0.25) is 0 Å². The Morgan fingerprint density at radius 1 is 0.379 bits per heavy atom. The summed E-state index contributed by atoms with van der Waals surface area (Å²) < 4.78 is 13.1. The van der Waals surface area contributed by atoms with E-state index in [0.29, 0.717) is 23.1 Å². The van der Waals surface area contributed by atoms with Crippen molar-refractivity contribution in [3.05, 3.63) is 182 Å². The molecular formula is C52H38N4O2. The molecule has 0 aliphatic rings. The number of aromatic nitrogens is 4. The summed E-state index contributed by atoms with van der Waals surface area (Å²) in [6, 6.07) is 62.5. The van der Waals surface area contributed by atoms with E-state index in [0.717, 1.165) is 88.8 Å². The normalized spacial score (nSPS) is 11.3. The molecule has 0 radical (unpaired) electrons. The van der Waals surface area contributed by atoms with Crippen LogP contribution in [0.25, 0.3) is 100 Å². The number of fused-ring (bicyclic) bond motifs is 2. The van der Waals surface area contributed by atoms with Crippen LogP contribution in [0.1, 0.15) is 0 Å². The van der Waals surface area contributed by atoms with E-state index in [9.17, 15) is 0 Å². The van der Waals surface area contributed by atoms with E-state index in [2.05, 4.69) is 119 Å². The molecule has 2 N–H and O–H groups in total. The number of hydrogen-bond acceptors (Lipinski definition) is 4. The van der Waals surface area contributed by atoms with Gasteiger partial charge in [0.15, 0.2) is 0 Å². The van der Waals surface area contributed by atoms with Crippen molar-refractivity contribution in [1.82, 2.24) is 19.9 Å². The number of methoxy groups -OCH3 is 2. The van der Waals surface area contributed by atoms with Crippen LogP contribution in [0.3, 0.4) is 0 Å². The van der Waals surface area contributed by atoms with E-state index in [1.165, 1.54) is 0 Å². The topological polar surface area (TPSA) is 75.8 Å². The lowest BCUT2D eigenvalue weighted by Gasteiger charge is -2.21. The molecular weight excluding hydrogens is 713 g/mol. The highest BCUT2D eigenvalue weighted by molar-refractivity contribution is 6.14. The number of benzene rings is 8. The molecule has 0 atom stereocenters. The first-order valence-corrected chi connectivity index (χ1v) is 19.3. The number of nitrogens with zero attached hydrogens (tertiary/aromatic N) is 2. The van der Waals surface area contributed by atoms with Gasteiger partial charge in [-0.25, -0.2) is 9.97 Å². The standard InChI is InChI=1S/C52H38N4O2/c1-57-49-41(51-53-45(33-19-7-3-8-20-33)46(54-51)34-21-9-4-10-22-34)31-37-27-15-17-29-39(37)43(49)44-40-30-18-16-28-38(40)32-42(50(44)58-2)52-55-47(35-23-11-5-12-24-35)48(56-52)36-25-13-6-14-26-36/h3-32H,1-2H3,(H,53,54)(H,55,56). The molecule has 0 aliphatic heterocycles. The summed E-state index contributed by atoms with van der Waals surface area (Å²) in [5.74, 6) is 2.77. The second-order valence-electron chi connectivity index (χ2n) is 14.2. The molecule has 2 heterocycles. The molecule has 2 aromatic heterocycles. The number of nitrogens with one attached hydrogen (secondary N) is 2. The van der Waals surface area contributed by atoms with E-state index < -0.39 is 0 Å². The molecule has 278 valence electrons. The van der Waals surface area contributed by atoms with Gasteiger partial charge >= 0.3 is 0 Å². The van der Waals surface area contributed by atoms with Crippen LogP contribution in [0.2, 0.25) is 0 Å². The fourth-order valence-electron chi connectivity index (χ4n) is 8.17. The van der Waals surface area contributed by atoms with Crippen molar-refractivity contribution in [3.63, 3.8) is 0 Å². The monoisotopic (exact) mass is 750 g/mol. The van der Waals surface area contributed by atoms with E-state index in [1.807, 2.05) is 72.8 Å². The summed E-state index contributed by atoms with van der Waals surface area (Å²) >= 11 is 0. The minimum atomic E-state index is 0.682. The van der Waals surface area contributed by atoms with Gasteiger partial charge in [-0.05, 0) is 33.7 Å². The second-order valence-corrected chi connectivity index (χ2v) is 14.2. The molecule has 10 rings (SSSR count). The fourth-order valence-corrected chi connectivity index (χ4v) is 8.17.